The molecule has 3 aromatic rings. The van der Waals surface area contributed by atoms with Crippen molar-refractivity contribution in [2.24, 2.45) is 0 Å². The van der Waals surface area contributed by atoms with E-state index in [1.165, 1.54) is 0 Å². The summed E-state index contributed by atoms with van der Waals surface area (Å²) in [6.45, 7) is 5.87. The predicted molar refractivity (Wildman–Crippen MR) is 101 cm³/mol. The lowest BCUT2D eigenvalue weighted by Crippen LogP contribution is -2.13. The Hall–Kier alpha value is -2.66. The zero-order chi connectivity index (χ0) is 18.0. The third kappa shape index (κ3) is 3.72. The molecule has 0 saturated heterocycles. The lowest BCUT2D eigenvalue weighted by atomic mass is 9.98. The van der Waals surface area contributed by atoms with Gasteiger partial charge in [0, 0.05) is 23.6 Å². The molecule has 1 heterocycles. The maximum Gasteiger partial charge on any atom is 0.261 e. The number of anilines is 1. The Labute approximate surface area is 148 Å². The predicted octanol–water partition coefficient (Wildman–Crippen LogP) is 4.47. The average molecular weight is 352 g/mol. The van der Waals surface area contributed by atoms with Gasteiger partial charge in [-0.15, -0.1) is 0 Å². The van der Waals surface area contributed by atoms with Crippen molar-refractivity contribution in [3.63, 3.8) is 0 Å². The number of aryl methyl sites for hydroxylation is 3. The number of benzene rings is 2. The van der Waals surface area contributed by atoms with Gasteiger partial charge in [-0.2, -0.15) is 0 Å². The maximum atomic E-state index is 12.6. The monoisotopic (exact) mass is 352 g/mol. The van der Waals surface area contributed by atoms with Crippen LogP contribution in [0, 0.1) is 20.8 Å². The smallest absolute Gasteiger partial charge is 0.261 e. The van der Waals surface area contributed by atoms with Gasteiger partial charge in [0.25, 0.3) is 10.0 Å². The fourth-order valence-corrected chi connectivity index (χ4v) is 3.93. The van der Waals surface area contributed by atoms with Crippen molar-refractivity contribution >= 4 is 15.7 Å². The van der Waals surface area contributed by atoms with Crippen molar-refractivity contribution in [1.29, 1.82) is 0 Å². The first kappa shape index (κ1) is 17.2. The minimum absolute atomic E-state index is 0.261. The summed E-state index contributed by atoms with van der Waals surface area (Å²) in [5.41, 5.74) is 5.66. The fourth-order valence-electron chi connectivity index (χ4n) is 2.77. The van der Waals surface area contributed by atoms with Gasteiger partial charge in [-0.1, -0.05) is 18.2 Å². The standard InChI is InChI=1S/C20H20N2O2S/c1-14-5-4-6-18(11-14)25(23,24)22-17-7-8-19(16(3)12-17)20-13-21-10-9-15(20)2/h4-13,22H,1-3H3. The number of aromatic nitrogens is 1. The van der Waals surface area contributed by atoms with Crippen LogP contribution in [-0.4, -0.2) is 13.4 Å². The van der Waals surface area contributed by atoms with Crippen molar-refractivity contribution in [3.05, 3.63) is 77.6 Å². The Kier molecular flexibility index (Phi) is 4.59. The zero-order valence-electron chi connectivity index (χ0n) is 14.4. The van der Waals surface area contributed by atoms with E-state index in [-0.39, 0.29) is 4.90 Å². The Bertz CT molecular complexity index is 1030. The minimum atomic E-state index is -3.60. The number of sulfonamides is 1. The Morgan fingerprint density at radius 3 is 2.36 bits per heavy atom. The molecule has 0 unspecified atom stereocenters. The number of nitrogens with one attached hydrogen (secondary N) is 1. The van der Waals surface area contributed by atoms with Crippen LogP contribution >= 0.6 is 0 Å². The molecule has 0 aliphatic rings. The number of pyridine rings is 1. The summed E-state index contributed by atoms with van der Waals surface area (Å²) in [6.07, 6.45) is 3.59. The average Bonchev–Trinajstić information content (AvgIpc) is 2.56. The molecule has 4 nitrogen and oxygen atoms in total. The first-order chi connectivity index (χ1) is 11.9. The normalized spacial score (nSPS) is 11.3. The molecule has 0 aliphatic carbocycles. The lowest BCUT2D eigenvalue weighted by molar-refractivity contribution is 0.601. The number of hydrogen-bond donors (Lipinski definition) is 1. The van der Waals surface area contributed by atoms with Crippen LogP contribution in [0.3, 0.4) is 0 Å². The van der Waals surface area contributed by atoms with Crippen LogP contribution in [0.15, 0.2) is 65.8 Å². The van der Waals surface area contributed by atoms with E-state index in [4.69, 9.17) is 0 Å². The molecule has 1 N–H and O–H groups in total. The summed E-state index contributed by atoms with van der Waals surface area (Å²) in [5.74, 6) is 0. The molecule has 128 valence electrons. The molecule has 0 saturated carbocycles. The van der Waals surface area contributed by atoms with E-state index < -0.39 is 10.0 Å². The third-order valence-electron chi connectivity index (χ3n) is 4.11. The molecule has 1 aromatic heterocycles. The van der Waals surface area contributed by atoms with E-state index in [1.807, 2.05) is 51.2 Å². The van der Waals surface area contributed by atoms with Crippen LogP contribution in [0.2, 0.25) is 0 Å². The van der Waals surface area contributed by atoms with Crippen molar-refractivity contribution in [1.82, 2.24) is 4.98 Å². The van der Waals surface area contributed by atoms with Crippen molar-refractivity contribution < 1.29 is 8.42 Å². The highest BCUT2D eigenvalue weighted by atomic mass is 32.2. The van der Waals surface area contributed by atoms with Crippen LogP contribution in [0.4, 0.5) is 5.69 Å². The number of nitrogens with zero attached hydrogens (tertiary/aromatic N) is 1. The quantitative estimate of drug-likeness (QED) is 0.753. The van der Waals surface area contributed by atoms with E-state index in [2.05, 4.69) is 9.71 Å². The number of hydrogen-bond acceptors (Lipinski definition) is 3. The van der Waals surface area contributed by atoms with E-state index in [0.29, 0.717) is 5.69 Å². The summed E-state index contributed by atoms with van der Waals surface area (Å²) in [7, 11) is -3.60. The summed E-state index contributed by atoms with van der Waals surface area (Å²) >= 11 is 0. The van der Waals surface area contributed by atoms with Gasteiger partial charge < -0.3 is 0 Å². The molecule has 3 rings (SSSR count). The van der Waals surface area contributed by atoms with Crippen LogP contribution in [0.1, 0.15) is 16.7 Å². The van der Waals surface area contributed by atoms with E-state index >= 15 is 0 Å². The van der Waals surface area contributed by atoms with Gasteiger partial charge in [-0.25, -0.2) is 8.42 Å². The second-order valence-corrected chi connectivity index (χ2v) is 7.82. The second kappa shape index (κ2) is 6.69. The lowest BCUT2D eigenvalue weighted by Gasteiger charge is -2.13. The van der Waals surface area contributed by atoms with Gasteiger partial charge >= 0.3 is 0 Å². The SMILES string of the molecule is Cc1cccc(S(=O)(=O)Nc2ccc(-c3cnccc3C)c(C)c2)c1. The van der Waals surface area contributed by atoms with E-state index in [1.54, 1.807) is 30.5 Å². The molecule has 0 bridgehead atoms. The van der Waals surface area contributed by atoms with E-state index in [0.717, 1.165) is 27.8 Å². The van der Waals surface area contributed by atoms with Gasteiger partial charge in [-0.05, 0) is 73.4 Å². The molecular formula is C20H20N2O2S. The Morgan fingerprint density at radius 2 is 1.68 bits per heavy atom. The van der Waals surface area contributed by atoms with Crippen molar-refractivity contribution in [3.8, 4) is 11.1 Å². The van der Waals surface area contributed by atoms with Gasteiger partial charge in [0.1, 0.15) is 0 Å². The molecular weight excluding hydrogens is 332 g/mol. The highest BCUT2D eigenvalue weighted by molar-refractivity contribution is 7.92. The molecule has 2 aromatic carbocycles. The number of rotatable bonds is 4. The second-order valence-electron chi connectivity index (χ2n) is 6.14. The third-order valence-corrected chi connectivity index (χ3v) is 5.49. The highest BCUT2D eigenvalue weighted by Gasteiger charge is 2.15. The van der Waals surface area contributed by atoms with Gasteiger partial charge in [0.05, 0.1) is 4.90 Å². The topological polar surface area (TPSA) is 59.1 Å². The first-order valence-corrected chi connectivity index (χ1v) is 9.46. The molecule has 0 spiro atoms. The first-order valence-electron chi connectivity index (χ1n) is 7.98. The van der Waals surface area contributed by atoms with Gasteiger partial charge in [0.15, 0.2) is 0 Å². The molecule has 0 aliphatic heterocycles. The van der Waals surface area contributed by atoms with Crippen LogP contribution in [-0.2, 0) is 10.0 Å². The van der Waals surface area contributed by atoms with Crippen molar-refractivity contribution in [2.75, 3.05) is 4.72 Å². The zero-order valence-corrected chi connectivity index (χ0v) is 15.3. The molecule has 5 heteroatoms. The molecule has 0 radical (unpaired) electrons. The Balaban J connectivity index is 1.93. The summed E-state index contributed by atoms with van der Waals surface area (Å²) in [6, 6.07) is 14.4. The minimum Gasteiger partial charge on any atom is -0.280 e. The van der Waals surface area contributed by atoms with Crippen LogP contribution < -0.4 is 4.72 Å². The summed E-state index contributed by atoms with van der Waals surface area (Å²) < 4.78 is 27.8. The molecule has 0 amide bonds. The Morgan fingerprint density at radius 1 is 0.880 bits per heavy atom. The maximum absolute atomic E-state index is 12.6. The molecule has 25 heavy (non-hydrogen) atoms. The van der Waals surface area contributed by atoms with Crippen molar-refractivity contribution in [2.45, 2.75) is 25.7 Å². The largest absolute Gasteiger partial charge is 0.280 e. The van der Waals surface area contributed by atoms with E-state index in [9.17, 15) is 8.42 Å². The van der Waals surface area contributed by atoms with Gasteiger partial charge in [0.2, 0.25) is 0 Å². The summed E-state index contributed by atoms with van der Waals surface area (Å²) in [4.78, 5) is 4.44. The molecule has 0 fully saturated rings. The van der Waals surface area contributed by atoms with Gasteiger partial charge in [-0.3, -0.25) is 9.71 Å². The van der Waals surface area contributed by atoms with Crippen LogP contribution in [0.25, 0.3) is 11.1 Å². The highest BCUT2D eigenvalue weighted by Crippen LogP contribution is 2.28. The molecule has 0 atom stereocenters. The summed E-state index contributed by atoms with van der Waals surface area (Å²) in [5, 5.41) is 0. The fraction of sp³-hybridized carbons (Fsp3) is 0.150. The van der Waals surface area contributed by atoms with Crippen LogP contribution in [0.5, 0.6) is 0 Å².